The topological polar surface area (TPSA) is 168 Å². The summed E-state index contributed by atoms with van der Waals surface area (Å²) in [7, 11) is 0. The lowest BCUT2D eigenvalue weighted by atomic mass is 10.1. The van der Waals surface area contributed by atoms with Crippen LogP contribution >= 0.6 is 0 Å². The predicted molar refractivity (Wildman–Crippen MR) is 87.3 cm³/mol. The number of nitrogens with zero attached hydrogens (tertiary/aromatic N) is 2. The van der Waals surface area contributed by atoms with E-state index in [0.29, 0.717) is 11.6 Å². The molecule has 0 aliphatic heterocycles. The van der Waals surface area contributed by atoms with Crippen LogP contribution in [0.3, 0.4) is 0 Å². The Labute approximate surface area is 145 Å². The molecule has 0 saturated heterocycles. The van der Waals surface area contributed by atoms with Crippen molar-refractivity contribution in [2.45, 2.75) is 6.04 Å². The molecule has 0 radical (unpaired) electrons. The van der Waals surface area contributed by atoms with Gasteiger partial charge in [-0.2, -0.15) is 0 Å². The highest BCUT2D eigenvalue weighted by atomic mass is 16.6. The van der Waals surface area contributed by atoms with Gasteiger partial charge in [-0.25, -0.2) is 9.59 Å². The highest BCUT2D eigenvalue weighted by Gasteiger charge is 2.28. The lowest BCUT2D eigenvalue weighted by Crippen LogP contribution is -2.39. The minimum absolute atomic E-state index is 0.334. The molecule has 0 heterocycles. The SMILES string of the molecule is NC(=O)N[C@H](C(=O)Oc1ccc([N+](=O)[O-])cc1[N+](=O)[O-])c1ccccc1. The van der Waals surface area contributed by atoms with Crippen molar-refractivity contribution in [2.75, 3.05) is 0 Å². The van der Waals surface area contributed by atoms with Gasteiger partial charge in [0.2, 0.25) is 5.75 Å². The molecule has 0 aliphatic carbocycles. The first-order valence-electron chi connectivity index (χ1n) is 7.05. The van der Waals surface area contributed by atoms with E-state index in [4.69, 9.17) is 10.5 Å². The summed E-state index contributed by atoms with van der Waals surface area (Å²) in [6.07, 6.45) is 0. The average molecular weight is 360 g/mol. The number of non-ortho nitro benzene ring substituents is 1. The molecule has 0 saturated carbocycles. The fourth-order valence-corrected chi connectivity index (χ4v) is 2.08. The first-order chi connectivity index (χ1) is 12.3. The molecule has 0 unspecified atom stereocenters. The highest BCUT2D eigenvalue weighted by Crippen LogP contribution is 2.32. The van der Waals surface area contributed by atoms with Crippen LogP contribution < -0.4 is 15.8 Å². The Morgan fingerprint density at radius 2 is 1.69 bits per heavy atom. The van der Waals surface area contributed by atoms with E-state index in [1.165, 1.54) is 12.1 Å². The summed E-state index contributed by atoms with van der Waals surface area (Å²) in [6, 6.07) is 8.16. The lowest BCUT2D eigenvalue weighted by Gasteiger charge is -2.16. The number of nitro benzene ring substituents is 2. The maximum atomic E-state index is 12.4. The third-order valence-corrected chi connectivity index (χ3v) is 3.22. The number of nitrogens with one attached hydrogen (secondary N) is 1. The number of benzene rings is 2. The predicted octanol–water partition coefficient (Wildman–Crippen LogP) is 1.82. The second-order valence-corrected chi connectivity index (χ2v) is 4.94. The Hall–Kier alpha value is -4.02. The molecule has 26 heavy (non-hydrogen) atoms. The molecule has 2 rings (SSSR count). The van der Waals surface area contributed by atoms with Crippen molar-refractivity contribution in [1.29, 1.82) is 0 Å². The van der Waals surface area contributed by atoms with Crippen molar-refractivity contribution >= 4 is 23.4 Å². The second kappa shape index (κ2) is 7.70. The van der Waals surface area contributed by atoms with Crippen LogP contribution in [0.15, 0.2) is 48.5 Å². The molecule has 11 nitrogen and oxygen atoms in total. The molecule has 0 spiro atoms. The molecule has 0 aromatic heterocycles. The number of esters is 1. The summed E-state index contributed by atoms with van der Waals surface area (Å²) in [5.74, 6) is -1.55. The molecule has 134 valence electrons. The second-order valence-electron chi connectivity index (χ2n) is 4.94. The third-order valence-electron chi connectivity index (χ3n) is 3.22. The standard InChI is InChI=1S/C15H12N4O7/c16-15(21)17-13(9-4-2-1-3-5-9)14(20)26-12-7-6-10(18(22)23)8-11(12)19(24)25/h1-8,13H,(H3,16,17,21)/t13-/m0/s1. The van der Waals surface area contributed by atoms with Crippen LogP contribution in [0.5, 0.6) is 5.75 Å². The summed E-state index contributed by atoms with van der Waals surface area (Å²) in [5.41, 5.74) is 4.09. The third kappa shape index (κ3) is 4.29. The van der Waals surface area contributed by atoms with Crippen molar-refractivity contribution in [3.8, 4) is 5.75 Å². The van der Waals surface area contributed by atoms with Gasteiger partial charge in [0, 0.05) is 6.07 Å². The molecule has 2 amide bonds. The van der Waals surface area contributed by atoms with Gasteiger partial charge in [-0.1, -0.05) is 30.3 Å². The molecular formula is C15H12N4O7. The lowest BCUT2D eigenvalue weighted by molar-refractivity contribution is -0.394. The van der Waals surface area contributed by atoms with Gasteiger partial charge in [0.05, 0.1) is 15.9 Å². The zero-order chi connectivity index (χ0) is 19.3. The van der Waals surface area contributed by atoms with E-state index in [1.807, 2.05) is 0 Å². The first kappa shape index (κ1) is 18.3. The van der Waals surface area contributed by atoms with E-state index in [2.05, 4.69) is 5.32 Å². The van der Waals surface area contributed by atoms with Gasteiger partial charge in [0.1, 0.15) is 0 Å². The van der Waals surface area contributed by atoms with Crippen LogP contribution in [0.2, 0.25) is 0 Å². The number of carbonyl (C=O) groups excluding carboxylic acids is 2. The quantitative estimate of drug-likeness (QED) is 0.342. The van der Waals surface area contributed by atoms with E-state index >= 15 is 0 Å². The maximum Gasteiger partial charge on any atom is 0.339 e. The van der Waals surface area contributed by atoms with Gasteiger partial charge in [-0.3, -0.25) is 20.2 Å². The normalized spacial score (nSPS) is 11.2. The van der Waals surface area contributed by atoms with Crippen molar-refractivity contribution in [1.82, 2.24) is 5.32 Å². The molecule has 11 heteroatoms. The molecule has 1 atom stereocenters. The number of ether oxygens (including phenoxy) is 1. The Kier molecular flexibility index (Phi) is 5.43. The monoisotopic (exact) mass is 360 g/mol. The van der Waals surface area contributed by atoms with Gasteiger partial charge in [0.15, 0.2) is 6.04 Å². The number of hydrogen-bond acceptors (Lipinski definition) is 7. The molecule has 0 aliphatic rings. The molecule has 2 aromatic rings. The van der Waals surface area contributed by atoms with Crippen molar-refractivity contribution in [3.63, 3.8) is 0 Å². The summed E-state index contributed by atoms with van der Waals surface area (Å²) < 4.78 is 4.99. The zero-order valence-electron chi connectivity index (χ0n) is 13.0. The number of nitro groups is 2. The summed E-state index contributed by atoms with van der Waals surface area (Å²) in [6.45, 7) is 0. The molecule has 2 aromatic carbocycles. The van der Waals surface area contributed by atoms with Crippen molar-refractivity contribution in [2.24, 2.45) is 5.73 Å². The van der Waals surface area contributed by atoms with Crippen LogP contribution in [-0.4, -0.2) is 21.8 Å². The van der Waals surface area contributed by atoms with E-state index < -0.39 is 45.0 Å². The fourth-order valence-electron chi connectivity index (χ4n) is 2.08. The number of carbonyl (C=O) groups is 2. The van der Waals surface area contributed by atoms with Crippen LogP contribution in [-0.2, 0) is 4.79 Å². The number of rotatable bonds is 6. The Morgan fingerprint density at radius 1 is 1.04 bits per heavy atom. The minimum atomic E-state index is -1.32. The van der Waals surface area contributed by atoms with Crippen molar-refractivity contribution in [3.05, 3.63) is 74.3 Å². The van der Waals surface area contributed by atoms with E-state index in [1.54, 1.807) is 18.2 Å². The number of hydrogen-bond donors (Lipinski definition) is 2. The summed E-state index contributed by atoms with van der Waals surface area (Å²) in [4.78, 5) is 43.6. The number of amides is 2. The van der Waals surface area contributed by atoms with Crippen LogP contribution in [0.4, 0.5) is 16.2 Å². The number of primary amides is 1. The average Bonchev–Trinajstić information content (AvgIpc) is 2.60. The summed E-state index contributed by atoms with van der Waals surface area (Å²) >= 11 is 0. The number of urea groups is 1. The van der Waals surface area contributed by atoms with Crippen LogP contribution in [0.1, 0.15) is 11.6 Å². The van der Waals surface area contributed by atoms with Crippen molar-refractivity contribution < 1.29 is 24.2 Å². The van der Waals surface area contributed by atoms with Crippen LogP contribution in [0, 0.1) is 20.2 Å². The molecule has 0 fully saturated rings. The van der Waals surface area contributed by atoms with E-state index in [0.717, 1.165) is 12.1 Å². The highest BCUT2D eigenvalue weighted by molar-refractivity contribution is 5.86. The fraction of sp³-hybridized carbons (Fsp3) is 0.0667. The molecular weight excluding hydrogens is 348 g/mol. The van der Waals surface area contributed by atoms with Gasteiger partial charge in [-0.05, 0) is 11.6 Å². The van der Waals surface area contributed by atoms with Gasteiger partial charge in [-0.15, -0.1) is 0 Å². The van der Waals surface area contributed by atoms with Crippen LogP contribution in [0.25, 0.3) is 0 Å². The summed E-state index contributed by atoms with van der Waals surface area (Å²) in [5, 5.41) is 24.0. The van der Waals surface area contributed by atoms with Gasteiger partial charge < -0.3 is 15.8 Å². The maximum absolute atomic E-state index is 12.4. The van der Waals surface area contributed by atoms with Gasteiger partial charge in [0.25, 0.3) is 5.69 Å². The smallest absolute Gasteiger partial charge is 0.339 e. The zero-order valence-corrected chi connectivity index (χ0v) is 13.0. The number of nitrogens with two attached hydrogens (primary N) is 1. The largest absolute Gasteiger partial charge is 0.417 e. The van der Waals surface area contributed by atoms with E-state index in [-0.39, 0.29) is 0 Å². The Bertz CT molecular complexity index is 870. The first-order valence-corrected chi connectivity index (χ1v) is 7.05. The Morgan fingerprint density at radius 3 is 2.23 bits per heavy atom. The molecule has 0 bridgehead atoms. The van der Waals surface area contributed by atoms with Gasteiger partial charge >= 0.3 is 17.7 Å². The minimum Gasteiger partial charge on any atom is -0.417 e. The Balaban J connectivity index is 2.35. The van der Waals surface area contributed by atoms with E-state index in [9.17, 15) is 29.8 Å². The molecule has 3 N–H and O–H groups in total.